The molecule has 4 nitrogen and oxygen atoms in total. The summed E-state index contributed by atoms with van der Waals surface area (Å²) in [4.78, 5) is 12.0. The standard InChI is InChI=1S/C14H18FNO3/c1-2-13(8-5-10(18)6-8)16-14(19)11-7-9(17)3-4-12(11)15/h3-4,7-8,10,13,17-18H,2,5-6H2,1H3,(H,16,19). The summed E-state index contributed by atoms with van der Waals surface area (Å²) in [7, 11) is 0. The molecule has 0 aromatic heterocycles. The summed E-state index contributed by atoms with van der Waals surface area (Å²) in [6.45, 7) is 1.94. The zero-order valence-corrected chi connectivity index (χ0v) is 10.8. The highest BCUT2D eigenvalue weighted by Crippen LogP contribution is 2.31. The second kappa shape index (κ2) is 5.57. The minimum atomic E-state index is -0.654. The number of amides is 1. The van der Waals surface area contributed by atoms with Gasteiger partial charge in [0.25, 0.3) is 5.91 Å². The number of rotatable bonds is 4. The van der Waals surface area contributed by atoms with Crippen molar-refractivity contribution >= 4 is 5.91 Å². The first-order valence-corrected chi connectivity index (χ1v) is 6.48. The molecule has 1 aliphatic rings. The molecule has 1 aliphatic carbocycles. The lowest BCUT2D eigenvalue weighted by Gasteiger charge is -2.37. The van der Waals surface area contributed by atoms with Crippen LogP contribution in [0, 0.1) is 11.7 Å². The Hall–Kier alpha value is -1.62. The fourth-order valence-electron chi connectivity index (χ4n) is 2.45. The van der Waals surface area contributed by atoms with Crippen LogP contribution in [0.5, 0.6) is 5.75 Å². The minimum absolute atomic E-state index is 0.0716. The lowest BCUT2D eigenvalue weighted by molar-refractivity contribution is 0.0232. The minimum Gasteiger partial charge on any atom is -0.508 e. The van der Waals surface area contributed by atoms with E-state index in [-0.39, 0.29) is 29.4 Å². The Morgan fingerprint density at radius 1 is 1.53 bits per heavy atom. The lowest BCUT2D eigenvalue weighted by atomic mass is 9.76. The number of nitrogens with one attached hydrogen (secondary N) is 1. The van der Waals surface area contributed by atoms with Crippen LogP contribution in [0.3, 0.4) is 0 Å². The van der Waals surface area contributed by atoms with Gasteiger partial charge >= 0.3 is 0 Å². The summed E-state index contributed by atoms with van der Waals surface area (Å²) < 4.78 is 13.5. The van der Waals surface area contributed by atoms with E-state index in [1.165, 1.54) is 6.07 Å². The fraction of sp³-hybridized carbons (Fsp3) is 0.500. The van der Waals surface area contributed by atoms with E-state index in [0.717, 1.165) is 18.6 Å². The Labute approximate surface area is 111 Å². The molecule has 1 aromatic carbocycles. The third kappa shape index (κ3) is 3.04. The van der Waals surface area contributed by atoms with Gasteiger partial charge in [-0.1, -0.05) is 6.92 Å². The van der Waals surface area contributed by atoms with Gasteiger partial charge in [-0.05, 0) is 43.4 Å². The molecule has 3 N–H and O–H groups in total. The summed E-state index contributed by atoms with van der Waals surface area (Å²) in [6, 6.07) is 3.31. The number of benzene rings is 1. The molecule has 2 rings (SSSR count). The third-order valence-corrected chi connectivity index (χ3v) is 3.67. The highest BCUT2D eigenvalue weighted by Gasteiger charge is 2.34. The van der Waals surface area contributed by atoms with Gasteiger partial charge in [0.15, 0.2) is 0 Å². The molecule has 1 aromatic rings. The van der Waals surface area contributed by atoms with Crippen molar-refractivity contribution in [2.75, 3.05) is 0 Å². The summed E-state index contributed by atoms with van der Waals surface area (Å²) in [6.07, 6.45) is 1.78. The number of halogens is 1. The SMILES string of the molecule is CCC(NC(=O)c1cc(O)ccc1F)C1CC(O)C1. The molecule has 0 aliphatic heterocycles. The summed E-state index contributed by atoms with van der Waals surface area (Å²) in [5, 5.41) is 21.4. The maximum absolute atomic E-state index is 13.5. The molecule has 5 heteroatoms. The first-order valence-electron chi connectivity index (χ1n) is 6.48. The average molecular weight is 267 g/mol. The molecule has 104 valence electrons. The highest BCUT2D eigenvalue weighted by molar-refractivity contribution is 5.95. The molecule has 0 radical (unpaired) electrons. The average Bonchev–Trinajstić information content (AvgIpc) is 2.35. The van der Waals surface area contributed by atoms with Gasteiger partial charge in [0.1, 0.15) is 11.6 Å². The van der Waals surface area contributed by atoms with Crippen molar-refractivity contribution in [3.63, 3.8) is 0 Å². The van der Waals surface area contributed by atoms with Gasteiger partial charge in [-0.3, -0.25) is 4.79 Å². The number of aliphatic hydroxyl groups excluding tert-OH is 1. The molecule has 19 heavy (non-hydrogen) atoms. The molecule has 0 saturated heterocycles. The number of aliphatic hydroxyl groups is 1. The Kier molecular flexibility index (Phi) is 4.04. The number of phenolic OH excluding ortho intramolecular Hbond substituents is 1. The number of hydrogen-bond donors (Lipinski definition) is 3. The van der Waals surface area contributed by atoms with Crippen molar-refractivity contribution < 1.29 is 19.4 Å². The topological polar surface area (TPSA) is 69.6 Å². The predicted molar refractivity (Wildman–Crippen MR) is 68.3 cm³/mol. The number of carbonyl (C=O) groups is 1. The molecule has 1 amide bonds. The molecular formula is C14H18FNO3. The smallest absolute Gasteiger partial charge is 0.254 e. The summed E-state index contributed by atoms with van der Waals surface area (Å²) in [5.74, 6) is -1.08. The molecule has 1 atom stereocenters. The maximum atomic E-state index is 13.5. The van der Waals surface area contributed by atoms with Crippen LogP contribution in [0.25, 0.3) is 0 Å². The van der Waals surface area contributed by atoms with Crippen LogP contribution in [0.2, 0.25) is 0 Å². The van der Waals surface area contributed by atoms with E-state index in [2.05, 4.69) is 5.32 Å². The van der Waals surface area contributed by atoms with Crippen molar-refractivity contribution in [3.8, 4) is 5.75 Å². The van der Waals surface area contributed by atoms with Crippen LogP contribution in [0.15, 0.2) is 18.2 Å². The van der Waals surface area contributed by atoms with Crippen molar-refractivity contribution in [3.05, 3.63) is 29.6 Å². The summed E-state index contributed by atoms with van der Waals surface area (Å²) in [5.41, 5.74) is -0.154. The zero-order chi connectivity index (χ0) is 14.0. The van der Waals surface area contributed by atoms with E-state index in [0.29, 0.717) is 12.8 Å². The van der Waals surface area contributed by atoms with Gasteiger partial charge in [-0.2, -0.15) is 0 Å². The van der Waals surface area contributed by atoms with Crippen LogP contribution in [0.4, 0.5) is 4.39 Å². The first kappa shape index (κ1) is 13.8. The van der Waals surface area contributed by atoms with E-state index in [1.54, 1.807) is 0 Å². The van der Waals surface area contributed by atoms with E-state index in [4.69, 9.17) is 0 Å². The predicted octanol–water partition coefficient (Wildman–Crippen LogP) is 1.81. The van der Waals surface area contributed by atoms with Gasteiger partial charge in [0.05, 0.1) is 11.7 Å². The van der Waals surface area contributed by atoms with Crippen LogP contribution >= 0.6 is 0 Å². The number of hydrogen-bond acceptors (Lipinski definition) is 3. The number of phenols is 1. The monoisotopic (exact) mass is 267 g/mol. The van der Waals surface area contributed by atoms with Gasteiger partial charge < -0.3 is 15.5 Å². The molecule has 0 heterocycles. The van der Waals surface area contributed by atoms with Crippen molar-refractivity contribution in [2.24, 2.45) is 5.92 Å². The maximum Gasteiger partial charge on any atom is 0.254 e. The van der Waals surface area contributed by atoms with E-state index in [9.17, 15) is 19.4 Å². The Morgan fingerprint density at radius 3 is 2.79 bits per heavy atom. The first-order chi connectivity index (χ1) is 9.01. The normalized spacial score (nSPS) is 23.5. The molecule has 1 fully saturated rings. The van der Waals surface area contributed by atoms with Gasteiger partial charge in [0, 0.05) is 6.04 Å². The quantitative estimate of drug-likeness (QED) is 0.779. The number of aromatic hydroxyl groups is 1. The van der Waals surface area contributed by atoms with Crippen LogP contribution < -0.4 is 5.32 Å². The Bertz CT molecular complexity index is 472. The fourth-order valence-corrected chi connectivity index (χ4v) is 2.45. The van der Waals surface area contributed by atoms with Gasteiger partial charge in [-0.15, -0.1) is 0 Å². The van der Waals surface area contributed by atoms with E-state index < -0.39 is 11.7 Å². The summed E-state index contributed by atoms with van der Waals surface area (Å²) >= 11 is 0. The zero-order valence-electron chi connectivity index (χ0n) is 10.8. The van der Waals surface area contributed by atoms with Crippen LogP contribution in [-0.4, -0.2) is 28.3 Å². The molecule has 1 unspecified atom stereocenters. The van der Waals surface area contributed by atoms with Gasteiger partial charge in [-0.25, -0.2) is 4.39 Å². The molecular weight excluding hydrogens is 249 g/mol. The largest absolute Gasteiger partial charge is 0.508 e. The molecule has 1 saturated carbocycles. The van der Waals surface area contributed by atoms with Gasteiger partial charge in [0.2, 0.25) is 0 Å². The van der Waals surface area contributed by atoms with Crippen LogP contribution in [0.1, 0.15) is 36.5 Å². The Morgan fingerprint density at radius 2 is 2.21 bits per heavy atom. The lowest BCUT2D eigenvalue weighted by Crippen LogP contribution is -2.46. The van der Waals surface area contributed by atoms with Crippen molar-refractivity contribution in [2.45, 2.75) is 38.3 Å². The Balaban J connectivity index is 2.05. The highest BCUT2D eigenvalue weighted by atomic mass is 19.1. The molecule has 0 spiro atoms. The van der Waals surface area contributed by atoms with E-state index >= 15 is 0 Å². The van der Waals surface area contributed by atoms with Crippen LogP contribution in [-0.2, 0) is 0 Å². The molecule has 0 bridgehead atoms. The second-order valence-corrected chi connectivity index (χ2v) is 5.04. The van der Waals surface area contributed by atoms with E-state index in [1.807, 2.05) is 6.92 Å². The van der Waals surface area contributed by atoms with Crippen molar-refractivity contribution in [1.29, 1.82) is 0 Å². The third-order valence-electron chi connectivity index (χ3n) is 3.67. The number of carbonyl (C=O) groups excluding carboxylic acids is 1. The second-order valence-electron chi connectivity index (χ2n) is 5.04. The van der Waals surface area contributed by atoms with Crippen molar-refractivity contribution in [1.82, 2.24) is 5.32 Å².